The molecule has 0 radical (unpaired) electrons. The van der Waals surface area contributed by atoms with Gasteiger partial charge in [-0.1, -0.05) is 41.9 Å². The van der Waals surface area contributed by atoms with Crippen LogP contribution in [-0.4, -0.2) is 10.9 Å². The third-order valence-electron chi connectivity index (χ3n) is 4.52. The summed E-state index contributed by atoms with van der Waals surface area (Å²) in [4.78, 5) is 17.8. The smallest absolute Gasteiger partial charge is 0.256 e. The van der Waals surface area contributed by atoms with Gasteiger partial charge in [-0.05, 0) is 49.4 Å². The van der Waals surface area contributed by atoms with Crippen LogP contribution in [0.2, 0.25) is 5.02 Å². The summed E-state index contributed by atoms with van der Waals surface area (Å²) in [5, 5.41) is 4.42. The molecule has 4 rings (SSSR count). The molecule has 0 atom stereocenters. The number of pyridine rings is 1. The molecule has 0 unspecified atom stereocenters. The van der Waals surface area contributed by atoms with Crippen LogP contribution in [0.3, 0.4) is 0 Å². The van der Waals surface area contributed by atoms with Crippen molar-refractivity contribution in [1.29, 1.82) is 0 Å². The maximum Gasteiger partial charge on any atom is 0.256 e. The molecule has 0 bridgehead atoms. The number of carbonyl (C=O) groups excluding carboxylic acids is 1. The molecule has 1 aliphatic carbocycles. The second-order valence-electron chi connectivity index (χ2n) is 6.07. The van der Waals surface area contributed by atoms with E-state index in [1.807, 2.05) is 42.5 Å². The van der Waals surface area contributed by atoms with Crippen LogP contribution in [-0.2, 0) is 12.8 Å². The average Bonchev–Trinajstić information content (AvgIpc) is 2.61. The van der Waals surface area contributed by atoms with Gasteiger partial charge in [-0.3, -0.25) is 9.78 Å². The van der Waals surface area contributed by atoms with Gasteiger partial charge in [-0.25, -0.2) is 0 Å². The molecule has 24 heavy (non-hydrogen) atoms. The summed E-state index contributed by atoms with van der Waals surface area (Å²) < 4.78 is 0. The Morgan fingerprint density at radius 3 is 2.62 bits per heavy atom. The number of nitrogens with zero attached hydrogens (tertiary/aromatic N) is 1. The van der Waals surface area contributed by atoms with Crippen LogP contribution in [0.5, 0.6) is 0 Å². The van der Waals surface area contributed by atoms with Gasteiger partial charge in [0.1, 0.15) is 0 Å². The quantitative estimate of drug-likeness (QED) is 0.714. The third kappa shape index (κ3) is 2.65. The molecular formula is C20H17ClN2O. The van der Waals surface area contributed by atoms with E-state index in [4.69, 9.17) is 16.6 Å². The lowest BCUT2D eigenvalue weighted by Gasteiger charge is -2.20. The molecule has 2 aromatic carbocycles. The lowest BCUT2D eigenvalue weighted by atomic mass is 9.89. The van der Waals surface area contributed by atoms with Gasteiger partial charge >= 0.3 is 0 Å². The van der Waals surface area contributed by atoms with E-state index < -0.39 is 0 Å². The van der Waals surface area contributed by atoms with Gasteiger partial charge in [0.05, 0.1) is 21.8 Å². The van der Waals surface area contributed by atoms with Crippen molar-refractivity contribution >= 4 is 34.1 Å². The molecule has 3 nitrogen and oxygen atoms in total. The zero-order chi connectivity index (χ0) is 16.5. The number of fused-ring (bicyclic) bond motifs is 2. The van der Waals surface area contributed by atoms with Crippen LogP contribution in [0.25, 0.3) is 10.9 Å². The number of aryl methyl sites for hydroxylation is 1. The highest BCUT2D eigenvalue weighted by Crippen LogP contribution is 2.30. The number of benzene rings is 2. The molecule has 0 spiro atoms. The number of amides is 1. The van der Waals surface area contributed by atoms with Crippen molar-refractivity contribution in [3.05, 3.63) is 70.4 Å². The standard InChI is InChI=1S/C20H17ClN2O/c21-15-9-3-6-12-18(15)23-20(24)19-13-7-1-4-10-16(13)22-17-11-5-2-8-14(17)19/h1,3-4,6-7,9-10,12H,2,5,8,11H2,(H,23,24). The second-order valence-corrected chi connectivity index (χ2v) is 6.48. The molecule has 0 saturated carbocycles. The normalized spacial score (nSPS) is 13.5. The summed E-state index contributed by atoms with van der Waals surface area (Å²) in [5.41, 5.74) is 4.40. The molecule has 1 aromatic heterocycles. The van der Waals surface area contributed by atoms with Crippen molar-refractivity contribution in [2.45, 2.75) is 25.7 Å². The maximum absolute atomic E-state index is 13.1. The Bertz CT molecular complexity index is 936. The molecular weight excluding hydrogens is 320 g/mol. The monoisotopic (exact) mass is 336 g/mol. The largest absolute Gasteiger partial charge is 0.321 e. The predicted molar refractivity (Wildman–Crippen MR) is 97.8 cm³/mol. The van der Waals surface area contributed by atoms with E-state index in [9.17, 15) is 4.79 Å². The molecule has 1 aliphatic rings. The Morgan fingerprint density at radius 2 is 1.75 bits per heavy atom. The first-order valence-electron chi connectivity index (χ1n) is 8.20. The zero-order valence-electron chi connectivity index (χ0n) is 13.2. The summed E-state index contributed by atoms with van der Waals surface area (Å²) in [5.74, 6) is -0.111. The maximum atomic E-state index is 13.1. The molecule has 0 aliphatic heterocycles. The summed E-state index contributed by atoms with van der Waals surface area (Å²) >= 11 is 6.19. The highest BCUT2D eigenvalue weighted by molar-refractivity contribution is 6.34. The van der Waals surface area contributed by atoms with E-state index in [1.165, 1.54) is 0 Å². The first-order chi connectivity index (χ1) is 11.7. The zero-order valence-corrected chi connectivity index (χ0v) is 13.9. The first kappa shape index (κ1) is 15.2. The number of carbonyl (C=O) groups is 1. The highest BCUT2D eigenvalue weighted by Gasteiger charge is 2.22. The van der Waals surface area contributed by atoms with Crippen molar-refractivity contribution in [2.75, 3.05) is 5.32 Å². The van der Waals surface area contributed by atoms with E-state index in [2.05, 4.69) is 5.32 Å². The molecule has 4 heteroatoms. The van der Waals surface area contributed by atoms with E-state index in [-0.39, 0.29) is 5.91 Å². The fourth-order valence-electron chi connectivity index (χ4n) is 3.38. The Kier molecular flexibility index (Phi) is 3.95. The number of aromatic nitrogens is 1. The fourth-order valence-corrected chi connectivity index (χ4v) is 3.56. The van der Waals surface area contributed by atoms with E-state index in [1.54, 1.807) is 6.07 Å². The van der Waals surface area contributed by atoms with Gasteiger partial charge in [0.15, 0.2) is 0 Å². The molecule has 1 amide bonds. The van der Waals surface area contributed by atoms with E-state index >= 15 is 0 Å². The average molecular weight is 337 g/mol. The Balaban J connectivity index is 1.85. The molecule has 120 valence electrons. The van der Waals surface area contributed by atoms with Gasteiger partial charge in [0.25, 0.3) is 5.91 Å². The minimum Gasteiger partial charge on any atom is -0.321 e. The summed E-state index contributed by atoms with van der Waals surface area (Å²) in [6.07, 6.45) is 4.06. The molecule has 0 fully saturated rings. The third-order valence-corrected chi connectivity index (χ3v) is 4.85. The molecule has 0 saturated heterocycles. The number of para-hydroxylation sites is 2. The Labute approximate surface area is 145 Å². The summed E-state index contributed by atoms with van der Waals surface area (Å²) in [6, 6.07) is 15.2. The summed E-state index contributed by atoms with van der Waals surface area (Å²) in [6.45, 7) is 0. The Morgan fingerprint density at radius 1 is 1.00 bits per heavy atom. The molecule has 1 N–H and O–H groups in total. The van der Waals surface area contributed by atoms with Crippen LogP contribution in [0.15, 0.2) is 48.5 Å². The number of halogens is 1. The van der Waals surface area contributed by atoms with Gasteiger partial charge < -0.3 is 5.32 Å². The fraction of sp³-hybridized carbons (Fsp3) is 0.200. The number of nitrogens with one attached hydrogen (secondary N) is 1. The summed E-state index contributed by atoms with van der Waals surface area (Å²) in [7, 11) is 0. The van der Waals surface area contributed by atoms with Gasteiger partial charge in [0, 0.05) is 11.1 Å². The van der Waals surface area contributed by atoms with Crippen LogP contribution < -0.4 is 5.32 Å². The van der Waals surface area contributed by atoms with Crippen LogP contribution in [0, 0.1) is 0 Å². The minimum atomic E-state index is -0.111. The van der Waals surface area contributed by atoms with Crippen LogP contribution >= 0.6 is 11.6 Å². The number of rotatable bonds is 2. The van der Waals surface area contributed by atoms with E-state index in [0.29, 0.717) is 10.7 Å². The van der Waals surface area contributed by atoms with Crippen molar-refractivity contribution in [1.82, 2.24) is 4.98 Å². The van der Waals surface area contributed by atoms with Crippen molar-refractivity contribution in [3.8, 4) is 0 Å². The molecule has 1 heterocycles. The minimum absolute atomic E-state index is 0.111. The SMILES string of the molecule is O=C(Nc1ccccc1Cl)c1c2c(nc3ccccc13)CCCC2. The number of hydrogen-bond acceptors (Lipinski definition) is 2. The number of hydrogen-bond donors (Lipinski definition) is 1. The van der Waals surface area contributed by atoms with Crippen LogP contribution in [0.1, 0.15) is 34.5 Å². The van der Waals surface area contributed by atoms with Gasteiger partial charge in [0.2, 0.25) is 0 Å². The van der Waals surface area contributed by atoms with Gasteiger partial charge in [-0.2, -0.15) is 0 Å². The highest BCUT2D eigenvalue weighted by atomic mass is 35.5. The van der Waals surface area contributed by atoms with Crippen molar-refractivity contribution in [3.63, 3.8) is 0 Å². The lowest BCUT2D eigenvalue weighted by molar-refractivity contribution is 0.102. The topological polar surface area (TPSA) is 42.0 Å². The first-order valence-corrected chi connectivity index (χ1v) is 8.58. The Hall–Kier alpha value is -2.39. The van der Waals surface area contributed by atoms with Gasteiger partial charge in [-0.15, -0.1) is 0 Å². The predicted octanol–water partition coefficient (Wildman–Crippen LogP) is 5.02. The van der Waals surface area contributed by atoms with Crippen molar-refractivity contribution in [2.24, 2.45) is 0 Å². The van der Waals surface area contributed by atoms with Crippen molar-refractivity contribution < 1.29 is 4.79 Å². The van der Waals surface area contributed by atoms with Crippen LogP contribution in [0.4, 0.5) is 5.69 Å². The lowest BCUT2D eigenvalue weighted by Crippen LogP contribution is -2.19. The second kappa shape index (κ2) is 6.25. The van der Waals surface area contributed by atoms with E-state index in [0.717, 1.165) is 53.4 Å². The molecule has 3 aromatic rings. The number of anilines is 1.